The molecule has 3 aromatic carbocycles. The van der Waals surface area contributed by atoms with Crippen molar-refractivity contribution in [3.8, 4) is 0 Å². The molecule has 0 saturated carbocycles. The minimum absolute atomic E-state index is 0.124. The van der Waals surface area contributed by atoms with Crippen molar-refractivity contribution in [2.45, 2.75) is 25.4 Å². The van der Waals surface area contributed by atoms with E-state index in [1.807, 2.05) is 66.4 Å². The van der Waals surface area contributed by atoms with Crippen LogP contribution in [0.5, 0.6) is 0 Å². The van der Waals surface area contributed by atoms with Crippen LogP contribution in [-0.4, -0.2) is 17.9 Å². The van der Waals surface area contributed by atoms with Crippen LogP contribution in [0.4, 0.5) is 11.4 Å². The molecule has 2 heterocycles. The second-order valence-corrected chi connectivity index (χ2v) is 8.77. The number of hydrogen-bond acceptors (Lipinski definition) is 3. The maximum atomic E-state index is 13.9. The summed E-state index contributed by atoms with van der Waals surface area (Å²) in [6.45, 7) is 2.00. The van der Waals surface area contributed by atoms with E-state index in [0.29, 0.717) is 17.0 Å². The van der Waals surface area contributed by atoms with E-state index >= 15 is 0 Å². The van der Waals surface area contributed by atoms with Gasteiger partial charge in [-0.25, -0.2) is 0 Å². The predicted molar refractivity (Wildman–Crippen MR) is 133 cm³/mol. The number of carbonyl (C=O) groups is 2. The number of hydrogen-bond donors (Lipinski definition) is 0. The summed E-state index contributed by atoms with van der Waals surface area (Å²) in [7, 11) is 0. The first kappa shape index (κ1) is 22.0. The fraction of sp³-hybridized carbons (Fsp3) is 0.143. The fourth-order valence-electron chi connectivity index (χ4n) is 4.61. The molecule has 0 fully saturated rings. The molecule has 0 bridgehead atoms. The highest BCUT2D eigenvalue weighted by Gasteiger charge is 2.39. The highest BCUT2D eigenvalue weighted by Crippen LogP contribution is 2.43. The van der Waals surface area contributed by atoms with Crippen molar-refractivity contribution in [2.75, 3.05) is 9.80 Å². The van der Waals surface area contributed by atoms with E-state index in [4.69, 9.17) is 16.0 Å². The molecule has 170 valence electrons. The summed E-state index contributed by atoms with van der Waals surface area (Å²) in [5, 5.41) is 0.575. The zero-order valence-corrected chi connectivity index (χ0v) is 19.4. The van der Waals surface area contributed by atoms with Gasteiger partial charge in [0.1, 0.15) is 0 Å². The van der Waals surface area contributed by atoms with Crippen LogP contribution in [-0.2, 0) is 0 Å². The first-order chi connectivity index (χ1) is 16.5. The largest absolute Gasteiger partial charge is 0.459 e. The van der Waals surface area contributed by atoms with Crippen molar-refractivity contribution in [2.24, 2.45) is 0 Å². The molecule has 0 spiro atoms. The molecule has 5 rings (SSSR count). The van der Waals surface area contributed by atoms with Gasteiger partial charge >= 0.3 is 0 Å². The van der Waals surface area contributed by atoms with Crippen LogP contribution in [0.2, 0.25) is 5.02 Å². The molecule has 34 heavy (non-hydrogen) atoms. The molecule has 0 radical (unpaired) electrons. The highest BCUT2D eigenvalue weighted by molar-refractivity contribution is 6.30. The smallest absolute Gasteiger partial charge is 0.294 e. The Labute approximate surface area is 203 Å². The fourth-order valence-corrected chi connectivity index (χ4v) is 4.74. The van der Waals surface area contributed by atoms with Gasteiger partial charge in [0, 0.05) is 28.0 Å². The van der Waals surface area contributed by atoms with Gasteiger partial charge in [-0.2, -0.15) is 0 Å². The average Bonchev–Trinajstić information content (AvgIpc) is 3.40. The third-order valence-corrected chi connectivity index (χ3v) is 6.42. The van der Waals surface area contributed by atoms with Crippen molar-refractivity contribution in [1.29, 1.82) is 0 Å². The maximum absolute atomic E-state index is 13.9. The monoisotopic (exact) mass is 470 g/mol. The van der Waals surface area contributed by atoms with Gasteiger partial charge in [0.05, 0.1) is 12.3 Å². The molecular formula is C28H23ClN2O3. The van der Waals surface area contributed by atoms with E-state index < -0.39 is 0 Å². The summed E-state index contributed by atoms with van der Waals surface area (Å²) in [5.74, 6) is -0.0309. The molecule has 0 aliphatic carbocycles. The number of para-hydroxylation sites is 2. The lowest BCUT2D eigenvalue weighted by atomic mass is 9.89. The first-order valence-corrected chi connectivity index (χ1v) is 11.5. The summed E-state index contributed by atoms with van der Waals surface area (Å²) in [5.41, 5.74) is 3.02. The van der Waals surface area contributed by atoms with Crippen LogP contribution in [0.1, 0.15) is 45.9 Å². The van der Waals surface area contributed by atoms with Gasteiger partial charge in [-0.1, -0.05) is 48.0 Å². The summed E-state index contributed by atoms with van der Waals surface area (Å²) in [4.78, 5) is 30.8. The minimum atomic E-state index is -0.266. The Bertz CT molecular complexity index is 1300. The lowest BCUT2D eigenvalue weighted by molar-refractivity contribution is 0.0944. The molecule has 1 aromatic heterocycles. The summed E-state index contributed by atoms with van der Waals surface area (Å²) in [6.07, 6.45) is 2.07. The van der Waals surface area contributed by atoms with Crippen LogP contribution in [0, 0.1) is 0 Å². The van der Waals surface area contributed by atoms with Crippen LogP contribution in [0.25, 0.3) is 0 Å². The Kier molecular flexibility index (Phi) is 5.95. The zero-order chi connectivity index (χ0) is 23.7. The SMILES string of the molecule is C[C@@H]1C[C@H](N(C(=O)c2ccc(Cl)cc2)c2ccccc2)c2ccccc2N1C(=O)c1ccco1. The predicted octanol–water partition coefficient (Wildman–Crippen LogP) is 6.76. The second-order valence-electron chi connectivity index (χ2n) is 8.33. The number of rotatable bonds is 4. The molecule has 1 aliphatic rings. The summed E-state index contributed by atoms with van der Waals surface area (Å²) < 4.78 is 5.39. The number of fused-ring (bicyclic) bond motifs is 1. The Morgan fingerprint density at radius 1 is 0.912 bits per heavy atom. The van der Waals surface area contributed by atoms with Gasteiger partial charge in [-0.15, -0.1) is 0 Å². The van der Waals surface area contributed by atoms with E-state index in [0.717, 1.165) is 16.9 Å². The van der Waals surface area contributed by atoms with Crippen LogP contribution in [0.3, 0.4) is 0 Å². The van der Waals surface area contributed by atoms with E-state index in [1.54, 1.807) is 41.3 Å². The average molecular weight is 471 g/mol. The number of benzene rings is 3. The van der Waals surface area contributed by atoms with Gasteiger partial charge < -0.3 is 14.2 Å². The summed E-state index contributed by atoms with van der Waals surface area (Å²) >= 11 is 6.07. The number of carbonyl (C=O) groups excluding carboxylic acids is 2. The molecule has 1 aliphatic heterocycles. The Morgan fingerprint density at radius 3 is 2.32 bits per heavy atom. The highest BCUT2D eigenvalue weighted by atomic mass is 35.5. The quantitative estimate of drug-likeness (QED) is 0.331. The van der Waals surface area contributed by atoms with Gasteiger partial charge in [0.15, 0.2) is 5.76 Å². The molecule has 0 N–H and O–H groups in total. The lowest BCUT2D eigenvalue weighted by Crippen LogP contribution is -2.47. The topological polar surface area (TPSA) is 53.8 Å². The molecule has 0 unspecified atom stereocenters. The van der Waals surface area contributed by atoms with Gasteiger partial charge in [-0.3, -0.25) is 9.59 Å². The molecule has 0 saturated heterocycles. The van der Waals surface area contributed by atoms with E-state index in [1.165, 1.54) is 6.26 Å². The van der Waals surface area contributed by atoms with E-state index in [-0.39, 0.29) is 29.7 Å². The van der Waals surface area contributed by atoms with Gasteiger partial charge in [0.25, 0.3) is 11.8 Å². The van der Waals surface area contributed by atoms with Crippen LogP contribution in [0.15, 0.2) is 102 Å². The van der Waals surface area contributed by atoms with Gasteiger partial charge in [-0.05, 0) is 73.5 Å². The zero-order valence-electron chi connectivity index (χ0n) is 18.6. The third kappa shape index (κ3) is 3.99. The molecule has 2 amide bonds. The number of nitrogens with zero attached hydrogens (tertiary/aromatic N) is 2. The maximum Gasteiger partial charge on any atom is 0.294 e. The van der Waals surface area contributed by atoms with Crippen molar-refractivity contribution < 1.29 is 14.0 Å². The Hall–Kier alpha value is -3.83. The van der Waals surface area contributed by atoms with Crippen molar-refractivity contribution in [1.82, 2.24) is 0 Å². The van der Waals surface area contributed by atoms with Crippen molar-refractivity contribution in [3.63, 3.8) is 0 Å². The molecule has 4 aromatic rings. The number of amides is 2. The first-order valence-electron chi connectivity index (χ1n) is 11.1. The number of furan rings is 1. The standard InChI is InChI=1S/C28H23ClN2O3/c1-19-18-25(23-10-5-6-11-24(23)30(19)28(33)26-12-7-17-34-26)31(22-8-3-2-4-9-22)27(32)20-13-15-21(29)16-14-20/h2-17,19,25H,18H2,1H3/t19-,25+/m1/s1. The number of halogens is 1. The second kappa shape index (κ2) is 9.20. The summed E-state index contributed by atoms with van der Waals surface area (Å²) in [6, 6.07) is 27.3. The van der Waals surface area contributed by atoms with Gasteiger partial charge in [0.2, 0.25) is 0 Å². The molecule has 6 heteroatoms. The van der Waals surface area contributed by atoms with E-state index in [9.17, 15) is 9.59 Å². The van der Waals surface area contributed by atoms with Crippen LogP contribution < -0.4 is 9.80 Å². The van der Waals surface area contributed by atoms with Crippen LogP contribution >= 0.6 is 11.6 Å². The van der Waals surface area contributed by atoms with E-state index in [2.05, 4.69) is 0 Å². The third-order valence-electron chi connectivity index (χ3n) is 6.17. The Morgan fingerprint density at radius 2 is 1.62 bits per heavy atom. The lowest BCUT2D eigenvalue weighted by Gasteiger charge is -2.43. The number of anilines is 2. The molecule has 2 atom stereocenters. The normalized spacial score (nSPS) is 17.2. The Balaban J connectivity index is 1.61. The minimum Gasteiger partial charge on any atom is -0.459 e. The molecular weight excluding hydrogens is 448 g/mol. The van der Waals surface area contributed by atoms with Crippen molar-refractivity contribution >= 4 is 34.8 Å². The molecule has 5 nitrogen and oxygen atoms in total. The van der Waals surface area contributed by atoms with Crippen molar-refractivity contribution in [3.05, 3.63) is 119 Å².